The predicted molar refractivity (Wildman–Crippen MR) is 60.3 cm³/mol. The van der Waals surface area contributed by atoms with E-state index in [1.165, 1.54) is 0 Å². The molecule has 1 aliphatic rings. The molecule has 6 heteroatoms. The van der Waals surface area contributed by atoms with Crippen LogP contribution < -0.4 is 11.1 Å². The van der Waals surface area contributed by atoms with Crippen LogP contribution in [0.4, 0.5) is 18.9 Å². The molecule has 3 nitrogen and oxygen atoms in total. The number of nitrogens with one attached hydrogen (secondary N) is 1. The van der Waals surface area contributed by atoms with E-state index in [9.17, 15) is 18.0 Å². The summed E-state index contributed by atoms with van der Waals surface area (Å²) in [5, 5.41) is 2.26. The van der Waals surface area contributed by atoms with Gasteiger partial charge in [0.15, 0.2) is 17.5 Å². The fourth-order valence-corrected chi connectivity index (χ4v) is 2.11. The third-order valence-corrected chi connectivity index (χ3v) is 3.14. The summed E-state index contributed by atoms with van der Waals surface area (Å²) in [5.41, 5.74) is 5.32. The summed E-state index contributed by atoms with van der Waals surface area (Å²) in [6.07, 6.45) is 1.88. The lowest BCUT2D eigenvalue weighted by molar-refractivity contribution is -0.119. The number of carbonyl (C=O) groups is 1. The first-order valence-electron chi connectivity index (χ1n) is 5.69. The topological polar surface area (TPSA) is 55.1 Å². The second-order valence-electron chi connectivity index (χ2n) is 4.48. The summed E-state index contributed by atoms with van der Waals surface area (Å²) in [5.74, 6) is -4.96. The molecule has 2 unspecified atom stereocenters. The highest BCUT2D eigenvalue weighted by Crippen LogP contribution is 2.26. The maximum atomic E-state index is 13.3. The average molecular weight is 258 g/mol. The van der Waals surface area contributed by atoms with E-state index in [0.717, 1.165) is 18.6 Å². The highest BCUT2D eigenvalue weighted by Gasteiger charge is 2.28. The number of rotatable bonds is 2. The molecule has 0 aliphatic heterocycles. The quantitative estimate of drug-likeness (QED) is 0.799. The number of halogens is 3. The van der Waals surface area contributed by atoms with Crippen LogP contribution in [-0.2, 0) is 4.79 Å². The zero-order valence-electron chi connectivity index (χ0n) is 9.55. The van der Waals surface area contributed by atoms with Gasteiger partial charge in [0.25, 0.3) is 0 Å². The highest BCUT2D eigenvalue weighted by molar-refractivity contribution is 5.92. The van der Waals surface area contributed by atoms with Gasteiger partial charge in [0.1, 0.15) is 0 Å². The Morgan fingerprint density at radius 1 is 1.22 bits per heavy atom. The molecule has 2 atom stereocenters. The normalized spacial score (nSPS) is 23.1. The van der Waals surface area contributed by atoms with Crippen LogP contribution in [0.15, 0.2) is 12.1 Å². The first-order valence-corrected chi connectivity index (χ1v) is 5.69. The molecule has 0 radical (unpaired) electrons. The maximum Gasteiger partial charge on any atom is 0.227 e. The van der Waals surface area contributed by atoms with Gasteiger partial charge in [-0.2, -0.15) is 0 Å². The first-order chi connectivity index (χ1) is 8.49. The van der Waals surface area contributed by atoms with Crippen molar-refractivity contribution in [3.63, 3.8) is 0 Å². The van der Waals surface area contributed by atoms with Gasteiger partial charge in [0.2, 0.25) is 5.91 Å². The van der Waals surface area contributed by atoms with Gasteiger partial charge < -0.3 is 11.1 Å². The molecule has 0 saturated heterocycles. The first kappa shape index (κ1) is 12.9. The minimum Gasteiger partial charge on any atom is -0.328 e. The van der Waals surface area contributed by atoms with Gasteiger partial charge >= 0.3 is 0 Å². The molecule has 18 heavy (non-hydrogen) atoms. The Bertz CT molecular complexity index is 479. The Labute approximate surface area is 102 Å². The molecule has 98 valence electrons. The summed E-state index contributed by atoms with van der Waals surface area (Å²) in [7, 11) is 0. The zero-order valence-corrected chi connectivity index (χ0v) is 9.55. The van der Waals surface area contributed by atoms with Crippen LogP contribution in [0.25, 0.3) is 0 Å². The van der Waals surface area contributed by atoms with Crippen LogP contribution in [0.1, 0.15) is 19.3 Å². The molecular formula is C12H13F3N2O. The average Bonchev–Trinajstić information content (AvgIpc) is 2.77. The Morgan fingerprint density at radius 2 is 1.94 bits per heavy atom. The minimum absolute atomic E-state index is 0.0319. The van der Waals surface area contributed by atoms with E-state index in [2.05, 4.69) is 5.32 Å². The Kier molecular flexibility index (Phi) is 3.56. The number of anilines is 1. The van der Waals surface area contributed by atoms with Crippen molar-refractivity contribution >= 4 is 11.6 Å². The van der Waals surface area contributed by atoms with Crippen molar-refractivity contribution in [2.24, 2.45) is 11.7 Å². The van der Waals surface area contributed by atoms with Gasteiger partial charge in [-0.15, -0.1) is 0 Å². The van der Waals surface area contributed by atoms with E-state index in [-0.39, 0.29) is 17.6 Å². The third kappa shape index (κ3) is 2.48. The second kappa shape index (κ2) is 4.97. The van der Waals surface area contributed by atoms with E-state index in [4.69, 9.17) is 5.73 Å². The maximum absolute atomic E-state index is 13.3. The molecular weight excluding hydrogens is 245 g/mol. The lowest BCUT2D eigenvalue weighted by Crippen LogP contribution is -2.23. The van der Waals surface area contributed by atoms with E-state index in [1.54, 1.807) is 0 Å². The predicted octanol–water partition coefficient (Wildman–Crippen LogP) is 2.17. The van der Waals surface area contributed by atoms with Crippen LogP contribution in [0.5, 0.6) is 0 Å². The van der Waals surface area contributed by atoms with Gasteiger partial charge in [-0.05, 0) is 31.4 Å². The van der Waals surface area contributed by atoms with E-state index < -0.39 is 23.4 Å². The number of nitrogens with two attached hydrogens (primary N) is 1. The summed E-state index contributed by atoms with van der Waals surface area (Å²) in [4.78, 5) is 11.8. The number of hydrogen-bond acceptors (Lipinski definition) is 2. The van der Waals surface area contributed by atoms with Crippen molar-refractivity contribution in [2.45, 2.75) is 25.3 Å². The molecule has 1 fully saturated rings. The van der Waals surface area contributed by atoms with Crippen LogP contribution in [0.2, 0.25) is 0 Å². The fourth-order valence-electron chi connectivity index (χ4n) is 2.11. The smallest absolute Gasteiger partial charge is 0.227 e. The Balaban J connectivity index is 2.10. The lowest BCUT2D eigenvalue weighted by Gasteiger charge is -2.11. The zero-order chi connectivity index (χ0) is 13.3. The summed E-state index contributed by atoms with van der Waals surface area (Å²) < 4.78 is 39.0. The van der Waals surface area contributed by atoms with Gasteiger partial charge in [-0.25, -0.2) is 13.2 Å². The van der Waals surface area contributed by atoms with Crippen LogP contribution in [0.3, 0.4) is 0 Å². The van der Waals surface area contributed by atoms with Crippen LogP contribution in [-0.4, -0.2) is 11.9 Å². The van der Waals surface area contributed by atoms with Crippen molar-refractivity contribution in [2.75, 3.05) is 5.32 Å². The molecule has 1 aromatic carbocycles. The fraction of sp³-hybridized carbons (Fsp3) is 0.417. The molecule has 0 heterocycles. The van der Waals surface area contributed by atoms with E-state index in [0.29, 0.717) is 12.8 Å². The second-order valence-corrected chi connectivity index (χ2v) is 4.48. The SMILES string of the molecule is NC1CCC(C(=O)Nc2ccc(F)c(F)c2F)C1. The van der Waals surface area contributed by atoms with Crippen molar-refractivity contribution in [3.8, 4) is 0 Å². The van der Waals surface area contributed by atoms with Crippen molar-refractivity contribution < 1.29 is 18.0 Å². The monoisotopic (exact) mass is 258 g/mol. The molecule has 0 aromatic heterocycles. The number of carbonyl (C=O) groups excluding carboxylic acids is 1. The Morgan fingerprint density at radius 3 is 2.56 bits per heavy atom. The number of amides is 1. The Hall–Kier alpha value is -1.56. The lowest BCUT2D eigenvalue weighted by atomic mass is 10.1. The summed E-state index contributed by atoms with van der Waals surface area (Å²) >= 11 is 0. The molecule has 1 amide bonds. The summed E-state index contributed by atoms with van der Waals surface area (Å²) in [6, 6.07) is 1.74. The number of hydrogen-bond donors (Lipinski definition) is 2. The van der Waals surface area contributed by atoms with Crippen molar-refractivity contribution in [1.29, 1.82) is 0 Å². The molecule has 0 spiro atoms. The molecule has 3 N–H and O–H groups in total. The number of benzene rings is 1. The molecule has 1 aliphatic carbocycles. The van der Waals surface area contributed by atoms with E-state index in [1.807, 2.05) is 0 Å². The van der Waals surface area contributed by atoms with Crippen molar-refractivity contribution in [3.05, 3.63) is 29.6 Å². The standard InChI is InChI=1S/C12H13F3N2O/c13-8-3-4-9(11(15)10(8)14)17-12(18)6-1-2-7(16)5-6/h3-4,6-7H,1-2,5,16H2,(H,17,18). The minimum atomic E-state index is -1.59. The molecule has 0 bridgehead atoms. The van der Waals surface area contributed by atoms with E-state index >= 15 is 0 Å². The molecule has 1 aromatic rings. The summed E-state index contributed by atoms with van der Waals surface area (Å²) in [6.45, 7) is 0. The van der Waals surface area contributed by atoms with Crippen molar-refractivity contribution in [1.82, 2.24) is 0 Å². The molecule has 2 rings (SSSR count). The van der Waals surface area contributed by atoms with Gasteiger partial charge in [0, 0.05) is 12.0 Å². The molecule has 1 saturated carbocycles. The van der Waals surface area contributed by atoms with Gasteiger partial charge in [-0.1, -0.05) is 0 Å². The highest BCUT2D eigenvalue weighted by atomic mass is 19.2. The van der Waals surface area contributed by atoms with Gasteiger partial charge in [-0.3, -0.25) is 4.79 Å². The van der Waals surface area contributed by atoms with Crippen LogP contribution in [0, 0.1) is 23.4 Å². The van der Waals surface area contributed by atoms with Gasteiger partial charge in [0.05, 0.1) is 5.69 Å². The largest absolute Gasteiger partial charge is 0.328 e. The van der Waals surface area contributed by atoms with Crippen LogP contribution >= 0.6 is 0 Å². The third-order valence-electron chi connectivity index (χ3n) is 3.14.